The van der Waals surface area contributed by atoms with E-state index in [1.54, 1.807) is 7.85 Å². The Hall–Kier alpha value is -0.165. The monoisotopic (exact) mass is 278 g/mol. The molecular weight excluding hydrogens is 258 g/mol. The number of aliphatic hydroxyl groups excluding tert-OH is 1. The van der Waals surface area contributed by atoms with Gasteiger partial charge in [0, 0.05) is 12.4 Å². The van der Waals surface area contributed by atoms with E-state index in [0.29, 0.717) is 6.61 Å². The minimum absolute atomic E-state index is 0.303. The lowest BCUT2D eigenvalue weighted by molar-refractivity contribution is -0.0203. The van der Waals surface area contributed by atoms with Crippen molar-refractivity contribution in [1.82, 2.24) is 0 Å². The van der Waals surface area contributed by atoms with E-state index >= 15 is 0 Å². The molecular formula is C10H20BO6P. The fourth-order valence-corrected chi connectivity index (χ4v) is 2.22. The van der Waals surface area contributed by atoms with Crippen LogP contribution in [0, 0.1) is 0 Å². The van der Waals surface area contributed by atoms with Crippen molar-refractivity contribution in [3.05, 3.63) is 11.9 Å². The predicted molar refractivity (Wildman–Crippen MR) is 69.0 cm³/mol. The molecule has 1 aliphatic heterocycles. The highest BCUT2D eigenvalue weighted by Crippen LogP contribution is 2.37. The van der Waals surface area contributed by atoms with Gasteiger partial charge in [-0.25, -0.2) is 0 Å². The highest BCUT2D eigenvalue weighted by molar-refractivity contribution is 7.55. The van der Waals surface area contributed by atoms with Gasteiger partial charge in [0.25, 0.3) is 0 Å². The first-order valence-electron chi connectivity index (χ1n) is 6.05. The van der Waals surface area contributed by atoms with Gasteiger partial charge in [-0.15, -0.1) is 0 Å². The fourth-order valence-electron chi connectivity index (χ4n) is 1.82. The third kappa shape index (κ3) is 4.84. The van der Waals surface area contributed by atoms with Crippen molar-refractivity contribution in [2.24, 2.45) is 0 Å². The van der Waals surface area contributed by atoms with Crippen molar-refractivity contribution in [2.45, 2.75) is 44.1 Å². The Morgan fingerprint density at radius 1 is 1.50 bits per heavy atom. The zero-order chi connectivity index (χ0) is 13.8. The van der Waals surface area contributed by atoms with Crippen LogP contribution in [0.15, 0.2) is 11.9 Å². The van der Waals surface area contributed by atoms with Crippen LogP contribution in [0.1, 0.15) is 19.8 Å². The molecule has 0 radical (unpaired) electrons. The molecule has 1 aliphatic rings. The van der Waals surface area contributed by atoms with E-state index in [1.807, 2.05) is 6.92 Å². The summed E-state index contributed by atoms with van der Waals surface area (Å²) in [7, 11) is -2.45. The van der Waals surface area contributed by atoms with Crippen molar-refractivity contribution in [1.29, 1.82) is 0 Å². The summed E-state index contributed by atoms with van der Waals surface area (Å²) in [5, 5.41) is 9.96. The Morgan fingerprint density at radius 3 is 2.72 bits per heavy atom. The number of ether oxygens (including phenoxy) is 2. The second-order valence-electron chi connectivity index (χ2n) is 4.42. The largest absolute Gasteiger partial charge is 0.387 e. The molecule has 3 N–H and O–H groups in total. The van der Waals surface area contributed by atoms with Crippen molar-refractivity contribution in [3.8, 4) is 0 Å². The van der Waals surface area contributed by atoms with Gasteiger partial charge in [0.15, 0.2) is 0 Å². The summed E-state index contributed by atoms with van der Waals surface area (Å²) in [5.41, 5.74) is 0. The maximum absolute atomic E-state index is 10.7. The minimum Gasteiger partial charge on any atom is -0.387 e. The molecule has 1 rings (SSSR count). The second kappa shape index (κ2) is 6.84. The van der Waals surface area contributed by atoms with Gasteiger partial charge in [-0.3, -0.25) is 4.57 Å². The van der Waals surface area contributed by atoms with Gasteiger partial charge in [-0.05, 0) is 12.5 Å². The Bertz CT molecular complexity index is 330. The van der Waals surface area contributed by atoms with Gasteiger partial charge in [-0.1, -0.05) is 13.3 Å². The van der Waals surface area contributed by atoms with Gasteiger partial charge in [0.1, 0.15) is 26.2 Å². The molecule has 6 nitrogen and oxygen atoms in total. The minimum atomic E-state index is -4.22. The average Bonchev–Trinajstić information content (AvgIpc) is 2.53. The molecule has 0 bridgehead atoms. The molecule has 0 aromatic heterocycles. The SMILES string of the molecule is B[C@@H]1O[C@H](/C=C/P(=O)(O)O)C(O)[C@@H]1OCCCC. The van der Waals surface area contributed by atoms with Gasteiger partial charge in [0.2, 0.25) is 0 Å². The van der Waals surface area contributed by atoms with Crippen LogP contribution in [0.25, 0.3) is 0 Å². The van der Waals surface area contributed by atoms with Crippen LogP contribution >= 0.6 is 7.60 Å². The maximum Gasteiger partial charge on any atom is 0.348 e. The molecule has 18 heavy (non-hydrogen) atoms. The van der Waals surface area contributed by atoms with Gasteiger partial charge < -0.3 is 24.4 Å². The molecule has 0 aromatic carbocycles. The van der Waals surface area contributed by atoms with E-state index in [4.69, 9.17) is 19.3 Å². The molecule has 0 aromatic rings. The van der Waals surface area contributed by atoms with E-state index in [2.05, 4.69) is 0 Å². The van der Waals surface area contributed by atoms with Crippen LogP contribution in [0.5, 0.6) is 0 Å². The first-order valence-corrected chi connectivity index (χ1v) is 7.73. The van der Waals surface area contributed by atoms with Gasteiger partial charge in [0.05, 0.1) is 6.00 Å². The summed E-state index contributed by atoms with van der Waals surface area (Å²) in [6.45, 7) is 2.58. The first-order chi connectivity index (χ1) is 8.35. The Kier molecular flexibility index (Phi) is 6.04. The van der Waals surface area contributed by atoms with E-state index < -0.39 is 25.9 Å². The number of hydrogen-bond donors (Lipinski definition) is 3. The number of unbranched alkanes of at least 4 members (excludes halogenated alkanes) is 1. The summed E-state index contributed by atoms with van der Waals surface area (Å²) in [5.74, 6) is 0.752. The lowest BCUT2D eigenvalue weighted by Crippen LogP contribution is -2.35. The molecule has 0 saturated carbocycles. The topological polar surface area (TPSA) is 96.2 Å². The van der Waals surface area contributed by atoms with Crippen molar-refractivity contribution in [2.75, 3.05) is 6.61 Å². The normalized spacial score (nSPS) is 33.3. The molecule has 0 amide bonds. The van der Waals surface area contributed by atoms with Crippen LogP contribution in [0.2, 0.25) is 0 Å². The van der Waals surface area contributed by atoms with E-state index in [-0.39, 0.29) is 6.00 Å². The molecule has 1 saturated heterocycles. The lowest BCUT2D eigenvalue weighted by Gasteiger charge is -2.18. The van der Waals surface area contributed by atoms with E-state index in [1.165, 1.54) is 6.08 Å². The van der Waals surface area contributed by atoms with Crippen LogP contribution < -0.4 is 0 Å². The van der Waals surface area contributed by atoms with Crippen LogP contribution in [0.3, 0.4) is 0 Å². The molecule has 0 aliphatic carbocycles. The average molecular weight is 278 g/mol. The molecule has 104 valence electrons. The lowest BCUT2D eigenvalue weighted by atomic mass is 9.93. The third-order valence-electron chi connectivity index (χ3n) is 2.79. The quantitative estimate of drug-likeness (QED) is 0.347. The molecule has 0 spiro atoms. The van der Waals surface area contributed by atoms with Crippen LogP contribution in [-0.2, 0) is 14.0 Å². The first kappa shape index (κ1) is 15.9. The van der Waals surface area contributed by atoms with Crippen molar-refractivity contribution in [3.63, 3.8) is 0 Å². The standard InChI is InChI=1S/C10H20BO6P/c1-2-3-5-16-9-8(12)7(17-10(9)11)4-6-18(13,14)15/h4,6-10,12H,2-3,5,11H2,1H3,(H2,13,14,15)/b6-4+/t7-,8?,9+,10-/m1/s1. The zero-order valence-corrected chi connectivity index (χ0v) is 11.5. The van der Waals surface area contributed by atoms with Crippen LogP contribution in [0.4, 0.5) is 0 Å². The smallest absolute Gasteiger partial charge is 0.348 e. The van der Waals surface area contributed by atoms with Crippen molar-refractivity contribution < 1.29 is 28.9 Å². The van der Waals surface area contributed by atoms with E-state index in [9.17, 15) is 9.67 Å². The summed E-state index contributed by atoms with van der Waals surface area (Å²) in [6, 6.07) is -0.303. The molecule has 4 atom stereocenters. The summed E-state index contributed by atoms with van der Waals surface area (Å²) >= 11 is 0. The Balaban J connectivity index is 2.55. The summed E-state index contributed by atoms with van der Waals surface area (Å²) in [6.07, 6.45) is 1.01. The maximum atomic E-state index is 10.7. The van der Waals surface area contributed by atoms with Crippen LogP contribution in [-0.4, -0.2) is 53.7 Å². The fraction of sp³-hybridized carbons (Fsp3) is 0.800. The van der Waals surface area contributed by atoms with E-state index in [0.717, 1.165) is 18.7 Å². The number of hydrogen-bond acceptors (Lipinski definition) is 4. The molecule has 1 fully saturated rings. The Labute approximate surface area is 108 Å². The molecule has 8 heteroatoms. The zero-order valence-electron chi connectivity index (χ0n) is 10.6. The Morgan fingerprint density at radius 2 is 2.17 bits per heavy atom. The second-order valence-corrected chi connectivity index (χ2v) is 5.89. The highest BCUT2D eigenvalue weighted by Gasteiger charge is 2.40. The van der Waals surface area contributed by atoms with Crippen molar-refractivity contribution >= 4 is 15.4 Å². The molecule has 1 unspecified atom stereocenters. The third-order valence-corrected chi connectivity index (χ3v) is 3.35. The number of rotatable bonds is 6. The number of aliphatic hydroxyl groups is 1. The van der Waals surface area contributed by atoms with Gasteiger partial charge >= 0.3 is 7.60 Å². The summed E-state index contributed by atoms with van der Waals surface area (Å²) in [4.78, 5) is 17.5. The predicted octanol–water partition coefficient (Wildman–Crippen LogP) is -0.418. The molecule has 1 heterocycles. The highest BCUT2D eigenvalue weighted by atomic mass is 31.2. The summed E-state index contributed by atoms with van der Waals surface area (Å²) < 4.78 is 21.6. The van der Waals surface area contributed by atoms with Gasteiger partial charge in [-0.2, -0.15) is 0 Å².